The molecular formula is C23H25N3O5. The zero-order chi connectivity index (χ0) is 22.5. The van der Waals surface area contributed by atoms with E-state index in [2.05, 4.69) is 5.43 Å². The molecule has 162 valence electrons. The highest BCUT2D eigenvalue weighted by Gasteiger charge is 2.34. The number of amides is 2. The first-order chi connectivity index (χ1) is 14.8. The Hall–Kier alpha value is -3.81. The summed E-state index contributed by atoms with van der Waals surface area (Å²) in [4.78, 5) is 39.1. The molecule has 2 amide bonds. The highest BCUT2D eigenvalue weighted by Crippen LogP contribution is 2.29. The number of ether oxygens (including phenoxy) is 2. The van der Waals surface area contributed by atoms with Gasteiger partial charge in [-0.15, -0.1) is 0 Å². The predicted molar refractivity (Wildman–Crippen MR) is 118 cm³/mol. The van der Waals surface area contributed by atoms with E-state index >= 15 is 0 Å². The lowest BCUT2D eigenvalue weighted by Crippen LogP contribution is -2.35. The Morgan fingerprint density at radius 3 is 2.48 bits per heavy atom. The fraction of sp³-hybridized carbons (Fsp3) is 0.261. The number of hydrogen-bond donors (Lipinski definition) is 1. The summed E-state index contributed by atoms with van der Waals surface area (Å²) in [5.41, 5.74) is 4.42. The molecule has 0 aromatic heterocycles. The van der Waals surface area contributed by atoms with Gasteiger partial charge in [-0.3, -0.25) is 15.0 Å². The molecule has 1 heterocycles. The molecule has 3 rings (SSSR count). The minimum atomic E-state index is -0.518. The lowest BCUT2D eigenvalue weighted by molar-refractivity contribution is -0.149. The summed E-state index contributed by atoms with van der Waals surface area (Å²) < 4.78 is 10.8. The molecule has 8 nitrogen and oxygen atoms in total. The largest absolute Gasteiger partial charge is 0.481 e. The van der Waals surface area contributed by atoms with E-state index < -0.39 is 17.8 Å². The minimum absolute atomic E-state index is 0.0314. The number of nitrogens with zero attached hydrogens (tertiary/aromatic N) is 2. The number of carbonyl (C=O) groups excluding carboxylic acids is 3. The number of hydrogen-bond acceptors (Lipinski definition) is 6. The lowest BCUT2D eigenvalue weighted by atomic mass is 10.1. The van der Waals surface area contributed by atoms with Crippen molar-refractivity contribution in [3.8, 4) is 5.75 Å². The molecule has 1 aliphatic rings. The van der Waals surface area contributed by atoms with Crippen LogP contribution >= 0.6 is 0 Å². The highest BCUT2D eigenvalue weighted by atomic mass is 16.6. The van der Waals surface area contributed by atoms with Crippen molar-refractivity contribution in [2.24, 2.45) is 0 Å². The summed E-state index contributed by atoms with van der Waals surface area (Å²) in [6.07, 6.45) is 1.21. The van der Waals surface area contributed by atoms with Crippen LogP contribution in [0.15, 0.2) is 54.1 Å². The van der Waals surface area contributed by atoms with Crippen LogP contribution in [-0.4, -0.2) is 44.6 Å². The Morgan fingerprint density at radius 1 is 1.13 bits per heavy atom. The Morgan fingerprint density at radius 2 is 1.84 bits per heavy atom. The molecule has 2 aromatic carbocycles. The molecule has 1 N–H and O–H groups in total. The van der Waals surface area contributed by atoms with Crippen LogP contribution in [0, 0.1) is 0 Å². The van der Waals surface area contributed by atoms with Crippen LogP contribution in [0.3, 0.4) is 0 Å². The summed E-state index contributed by atoms with van der Waals surface area (Å²) in [5.74, 6) is -1.14. The van der Waals surface area contributed by atoms with Crippen LogP contribution in [0.25, 0.3) is 6.08 Å². The van der Waals surface area contributed by atoms with Crippen LogP contribution < -0.4 is 20.1 Å². The third kappa shape index (κ3) is 5.22. The van der Waals surface area contributed by atoms with Crippen molar-refractivity contribution in [2.45, 2.75) is 20.0 Å². The van der Waals surface area contributed by atoms with E-state index in [0.29, 0.717) is 17.0 Å². The van der Waals surface area contributed by atoms with Gasteiger partial charge in [0.2, 0.25) is 0 Å². The van der Waals surface area contributed by atoms with Crippen molar-refractivity contribution < 1.29 is 23.9 Å². The smallest absolute Gasteiger partial charge is 0.344 e. The van der Waals surface area contributed by atoms with Crippen LogP contribution in [-0.2, 0) is 19.1 Å². The normalized spacial score (nSPS) is 14.7. The molecule has 31 heavy (non-hydrogen) atoms. The fourth-order valence-electron chi connectivity index (χ4n) is 2.95. The van der Waals surface area contributed by atoms with E-state index in [-0.39, 0.29) is 18.3 Å². The number of para-hydroxylation sites is 1. The van der Waals surface area contributed by atoms with Gasteiger partial charge < -0.3 is 14.4 Å². The van der Waals surface area contributed by atoms with E-state index in [1.54, 1.807) is 50.2 Å². The van der Waals surface area contributed by atoms with Crippen LogP contribution in [0.5, 0.6) is 5.75 Å². The van der Waals surface area contributed by atoms with Crippen LogP contribution in [0.1, 0.15) is 19.4 Å². The Bertz CT molecular complexity index is 1020. The first-order valence-corrected chi connectivity index (χ1v) is 9.82. The topological polar surface area (TPSA) is 88.2 Å². The lowest BCUT2D eigenvalue weighted by Gasteiger charge is -2.16. The predicted octanol–water partition coefficient (Wildman–Crippen LogP) is 2.54. The maximum Gasteiger partial charge on any atom is 0.344 e. The average Bonchev–Trinajstić information content (AvgIpc) is 3.01. The summed E-state index contributed by atoms with van der Waals surface area (Å²) in [6.45, 7) is 3.22. The van der Waals surface area contributed by atoms with Crippen molar-refractivity contribution >= 4 is 35.2 Å². The van der Waals surface area contributed by atoms with Crippen molar-refractivity contribution in [1.29, 1.82) is 0 Å². The maximum absolute atomic E-state index is 12.8. The molecular weight excluding hydrogens is 398 g/mol. The number of nitrogens with one attached hydrogen (secondary N) is 1. The van der Waals surface area contributed by atoms with E-state index in [1.807, 2.05) is 31.1 Å². The van der Waals surface area contributed by atoms with Gasteiger partial charge in [-0.25, -0.2) is 9.80 Å². The molecule has 0 unspecified atom stereocenters. The maximum atomic E-state index is 12.8. The monoisotopic (exact) mass is 423 g/mol. The second kappa shape index (κ2) is 9.34. The zero-order valence-corrected chi connectivity index (χ0v) is 17.9. The number of esters is 1. The fourth-order valence-corrected chi connectivity index (χ4v) is 2.95. The number of rotatable bonds is 7. The molecule has 0 bridgehead atoms. The molecule has 0 atom stereocenters. The van der Waals surface area contributed by atoms with E-state index in [9.17, 15) is 14.4 Å². The van der Waals surface area contributed by atoms with E-state index in [1.165, 1.54) is 11.1 Å². The van der Waals surface area contributed by atoms with E-state index in [4.69, 9.17) is 9.47 Å². The third-order valence-electron chi connectivity index (χ3n) is 4.43. The first-order valence-electron chi connectivity index (χ1n) is 9.82. The second-order valence-corrected chi connectivity index (χ2v) is 7.42. The molecule has 1 aliphatic heterocycles. The van der Waals surface area contributed by atoms with Gasteiger partial charge in [0.05, 0.1) is 11.8 Å². The highest BCUT2D eigenvalue weighted by molar-refractivity contribution is 6.31. The minimum Gasteiger partial charge on any atom is -0.481 e. The molecule has 2 aromatic rings. The average molecular weight is 423 g/mol. The van der Waals surface area contributed by atoms with Gasteiger partial charge in [0.25, 0.3) is 11.8 Å². The standard InChI is InChI=1S/C23H25N3O5/c1-15(2)31-21(27)14-30-20-13-18(25(3)4)11-10-16(20)12-19-22(28)24-26(23(19)29)17-8-6-5-7-9-17/h5-13,15H,14H2,1-4H3,(H,24,28)/b19-12-. The van der Waals surface area contributed by atoms with Crippen molar-refractivity contribution in [3.63, 3.8) is 0 Å². The van der Waals surface area contributed by atoms with Crippen LogP contribution in [0.4, 0.5) is 11.4 Å². The molecule has 1 fully saturated rings. The Balaban J connectivity index is 1.90. The van der Waals surface area contributed by atoms with Gasteiger partial charge in [0.1, 0.15) is 11.3 Å². The number of anilines is 2. The van der Waals surface area contributed by atoms with Gasteiger partial charge in [0, 0.05) is 31.4 Å². The molecule has 0 aliphatic carbocycles. The van der Waals surface area contributed by atoms with Gasteiger partial charge in [-0.1, -0.05) is 18.2 Å². The molecule has 0 spiro atoms. The number of carbonyl (C=O) groups is 3. The number of benzene rings is 2. The molecule has 8 heteroatoms. The molecule has 0 saturated carbocycles. The first kappa shape index (κ1) is 21.9. The van der Waals surface area contributed by atoms with E-state index in [0.717, 1.165) is 5.69 Å². The summed E-state index contributed by atoms with van der Waals surface area (Å²) >= 11 is 0. The second-order valence-electron chi connectivity index (χ2n) is 7.42. The third-order valence-corrected chi connectivity index (χ3v) is 4.43. The van der Waals surface area contributed by atoms with Gasteiger partial charge in [0.15, 0.2) is 6.61 Å². The summed E-state index contributed by atoms with van der Waals surface area (Å²) in [6, 6.07) is 14.1. The van der Waals surface area contributed by atoms with Gasteiger partial charge in [-0.2, -0.15) is 0 Å². The van der Waals surface area contributed by atoms with Gasteiger partial charge in [-0.05, 0) is 44.2 Å². The molecule has 0 radical (unpaired) electrons. The van der Waals surface area contributed by atoms with Crippen molar-refractivity contribution in [3.05, 3.63) is 59.7 Å². The Labute approximate surface area is 181 Å². The SMILES string of the molecule is CC(C)OC(=O)COc1cc(N(C)C)ccc1/C=C1/C(=O)NN(c2ccccc2)C1=O. The molecule has 1 saturated heterocycles. The van der Waals surface area contributed by atoms with Crippen molar-refractivity contribution in [1.82, 2.24) is 5.43 Å². The summed E-state index contributed by atoms with van der Waals surface area (Å²) in [7, 11) is 3.74. The Kier molecular flexibility index (Phi) is 6.59. The van der Waals surface area contributed by atoms with Crippen molar-refractivity contribution in [2.75, 3.05) is 30.6 Å². The zero-order valence-electron chi connectivity index (χ0n) is 17.9. The van der Waals surface area contributed by atoms with Gasteiger partial charge >= 0.3 is 5.97 Å². The quantitative estimate of drug-likeness (QED) is 0.418. The summed E-state index contributed by atoms with van der Waals surface area (Å²) in [5, 5.41) is 1.20. The van der Waals surface area contributed by atoms with Crippen LogP contribution in [0.2, 0.25) is 0 Å². The number of hydrazine groups is 1.